The van der Waals surface area contributed by atoms with Gasteiger partial charge in [0.2, 0.25) is 0 Å². The molecule has 4 heteroatoms. The Labute approximate surface area is 109 Å². The highest BCUT2D eigenvalue weighted by Gasteiger charge is 2.30. The van der Waals surface area contributed by atoms with Gasteiger partial charge in [-0.15, -0.1) is 0 Å². The number of rotatable bonds is 4. The molecule has 1 atom stereocenters. The maximum atomic E-state index is 5.62. The van der Waals surface area contributed by atoms with E-state index in [1.807, 2.05) is 26.3 Å². The summed E-state index contributed by atoms with van der Waals surface area (Å²) in [6.45, 7) is 5.20. The van der Waals surface area contributed by atoms with E-state index in [0.717, 1.165) is 37.6 Å². The monoisotopic (exact) mass is 249 g/mol. The summed E-state index contributed by atoms with van der Waals surface area (Å²) in [7, 11) is 3.71. The molecule has 1 aromatic rings. The zero-order chi connectivity index (χ0) is 13.0. The summed E-state index contributed by atoms with van der Waals surface area (Å²) in [4.78, 5) is 6.99. The van der Waals surface area contributed by atoms with Gasteiger partial charge in [-0.2, -0.15) is 0 Å². The van der Waals surface area contributed by atoms with Crippen molar-refractivity contribution in [2.45, 2.75) is 31.9 Å². The molecule has 1 aromatic heterocycles. The Hall–Kier alpha value is -1.13. The van der Waals surface area contributed by atoms with Crippen LogP contribution in [0.15, 0.2) is 18.2 Å². The first-order chi connectivity index (χ1) is 8.65. The number of aromatic nitrogens is 1. The number of piperidine rings is 1. The molecule has 2 heterocycles. The highest BCUT2D eigenvalue weighted by atomic mass is 16.5. The van der Waals surface area contributed by atoms with Crippen LogP contribution in [0.1, 0.15) is 25.5 Å². The highest BCUT2D eigenvalue weighted by Crippen LogP contribution is 2.24. The first kappa shape index (κ1) is 13.3. The Morgan fingerprint density at radius 2 is 2.33 bits per heavy atom. The van der Waals surface area contributed by atoms with Crippen LogP contribution in [-0.2, 0) is 11.3 Å². The number of likely N-dealkylation sites (tertiary alicyclic amines) is 1. The molecule has 4 nitrogen and oxygen atoms in total. The lowest BCUT2D eigenvalue weighted by Crippen LogP contribution is -2.46. The molecule has 2 rings (SSSR count). The maximum absolute atomic E-state index is 5.62. The molecular weight excluding hydrogens is 226 g/mol. The number of hydrogen-bond acceptors (Lipinski definition) is 4. The van der Waals surface area contributed by atoms with Gasteiger partial charge in [0, 0.05) is 27.2 Å². The summed E-state index contributed by atoms with van der Waals surface area (Å²) in [5.74, 6) is 0.930. The first-order valence-corrected chi connectivity index (χ1v) is 6.56. The van der Waals surface area contributed by atoms with Gasteiger partial charge in [0.05, 0.1) is 11.3 Å². The average Bonchev–Trinajstić information content (AvgIpc) is 2.39. The molecule has 1 unspecified atom stereocenters. The Morgan fingerprint density at radius 1 is 1.50 bits per heavy atom. The van der Waals surface area contributed by atoms with E-state index in [4.69, 9.17) is 4.74 Å². The lowest BCUT2D eigenvalue weighted by Gasteiger charge is -2.39. The third-order valence-corrected chi connectivity index (χ3v) is 3.68. The predicted octanol–water partition coefficient (Wildman–Crippen LogP) is 2.12. The molecule has 0 amide bonds. The van der Waals surface area contributed by atoms with Gasteiger partial charge in [0.1, 0.15) is 5.82 Å². The number of anilines is 1. The maximum Gasteiger partial charge on any atom is 0.126 e. The average molecular weight is 249 g/mol. The molecule has 100 valence electrons. The number of methoxy groups -OCH3 is 1. The second-order valence-electron chi connectivity index (χ2n) is 5.23. The van der Waals surface area contributed by atoms with Crippen molar-refractivity contribution in [3.05, 3.63) is 23.9 Å². The van der Waals surface area contributed by atoms with Crippen LogP contribution in [0.25, 0.3) is 0 Å². The lowest BCUT2D eigenvalue weighted by atomic mass is 9.94. The number of ether oxygens (including phenoxy) is 1. The van der Waals surface area contributed by atoms with Gasteiger partial charge in [-0.1, -0.05) is 6.07 Å². The van der Waals surface area contributed by atoms with E-state index in [2.05, 4.69) is 28.2 Å². The molecule has 0 saturated carbocycles. The largest absolute Gasteiger partial charge is 0.377 e. The third-order valence-electron chi connectivity index (χ3n) is 3.68. The summed E-state index contributed by atoms with van der Waals surface area (Å²) < 4.78 is 5.62. The van der Waals surface area contributed by atoms with Gasteiger partial charge >= 0.3 is 0 Å². The fourth-order valence-electron chi connectivity index (χ4n) is 2.55. The minimum atomic E-state index is -0.00112. The molecule has 1 aliphatic heterocycles. The van der Waals surface area contributed by atoms with Crippen molar-refractivity contribution in [2.75, 3.05) is 32.6 Å². The summed E-state index contributed by atoms with van der Waals surface area (Å²) >= 11 is 0. The van der Waals surface area contributed by atoms with Gasteiger partial charge in [0.15, 0.2) is 0 Å². The van der Waals surface area contributed by atoms with Crippen LogP contribution in [0.2, 0.25) is 0 Å². The molecule has 1 N–H and O–H groups in total. The van der Waals surface area contributed by atoms with Gasteiger partial charge in [-0.25, -0.2) is 4.98 Å². The summed E-state index contributed by atoms with van der Waals surface area (Å²) in [5, 5.41) is 3.08. The zero-order valence-corrected chi connectivity index (χ0v) is 11.6. The van der Waals surface area contributed by atoms with Gasteiger partial charge in [-0.05, 0) is 38.4 Å². The van der Waals surface area contributed by atoms with E-state index in [1.165, 1.54) is 6.42 Å². The van der Waals surface area contributed by atoms with Crippen LogP contribution in [0.3, 0.4) is 0 Å². The summed E-state index contributed by atoms with van der Waals surface area (Å²) in [6, 6.07) is 6.12. The van der Waals surface area contributed by atoms with Crippen molar-refractivity contribution in [1.29, 1.82) is 0 Å². The van der Waals surface area contributed by atoms with E-state index >= 15 is 0 Å². The van der Waals surface area contributed by atoms with Crippen LogP contribution in [0, 0.1) is 0 Å². The molecule has 0 aromatic carbocycles. The Kier molecular flexibility index (Phi) is 4.19. The van der Waals surface area contributed by atoms with E-state index < -0.39 is 0 Å². The number of pyridine rings is 1. The minimum Gasteiger partial charge on any atom is -0.377 e. The molecule has 18 heavy (non-hydrogen) atoms. The second-order valence-corrected chi connectivity index (χ2v) is 5.23. The second kappa shape index (κ2) is 5.67. The van der Waals surface area contributed by atoms with Crippen molar-refractivity contribution >= 4 is 5.82 Å². The Bertz CT molecular complexity index is 396. The molecule has 1 fully saturated rings. The molecule has 0 spiro atoms. The number of nitrogens with zero attached hydrogens (tertiary/aromatic N) is 2. The van der Waals surface area contributed by atoms with Gasteiger partial charge in [-0.3, -0.25) is 4.90 Å². The van der Waals surface area contributed by atoms with E-state index in [-0.39, 0.29) is 5.60 Å². The predicted molar refractivity (Wildman–Crippen MR) is 73.7 cm³/mol. The molecule has 0 aliphatic carbocycles. The molecule has 0 bridgehead atoms. The highest BCUT2D eigenvalue weighted by molar-refractivity contribution is 5.34. The standard InChI is InChI=1S/C14H23N3O/c1-14(18-3)8-5-9-17(11-14)10-12-6-4-7-13(15-2)16-12/h4,6-7H,5,8-11H2,1-3H3,(H,15,16). The molecular formula is C14H23N3O. The SMILES string of the molecule is CNc1cccc(CN2CCCC(C)(OC)C2)n1. The Morgan fingerprint density at radius 3 is 3.06 bits per heavy atom. The summed E-state index contributed by atoms with van der Waals surface area (Å²) in [5.41, 5.74) is 1.11. The van der Waals surface area contributed by atoms with Crippen molar-refractivity contribution in [3.63, 3.8) is 0 Å². The van der Waals surface area contributed by atoms with E-state index in [0.29, 0.717) is 0 Å². The van der Waals surface area contributed by atoms with Crippen LogP contribution < -0.4 is 5.32 Å². The van der Waals surface area contributed by atoms with E-state index in [9.17, 15) is 0 Å². The van der Waals surface area contributed by atoms with Gasteiger partial charge < -0.3 is 10.1 Å². The topological polar surface area (TPSA) is 37.4 Å². The third kappa shape index (κ3) is 3.21. The fraction of sp³-hybridized carbons (Fsp3) is 0.643. The number of hydrogen-bond donors (Lipinski definition) is 1. The fourth-order valence-corrected chi connectivity index (χ4v) is 2.55. The van der Waals surface area contributed by atoms with E-state index in [1.54, 1.807) is 0 Å². The van der Waals surface area contributed by atoms with Crippen molar-refractivity contribution in [1.82, 2.24) is 9.88 Å². The molecule has 1 saturated heterocycles. The zero-order valence-electron chi connectivity index (χ0n) is 11.6. The first-order valence-electron chi connectivity index (χ1n) is 6.56. The molecule has 0 radical (unpaired) electrons. The normalized spacial score (nSPS) is 25.1. The smallest absolute Gasteiger partial charge is 0.126 e. The van der Waals surface area contributed by atoms with Crippen LogP contribution in [-0.4, -0.2) is 42.7 Å². The van der Waals surface area contributed by atoms with Crippen molar-refractivity contribution < 1.29 is 4.74 Å². The molecule has 1 aliphatic rings. The lowest BCUT2D eigenvalue weighted by molar-refractivity contribution is -0.0529. The minimum absolute atomic E-state index is 0.00112. The summed E-state index contributed by atoms with van der Waals surface area (Å²) in [6.07, 6.45) is 2.33. The van der Waals surface area contributed by atoms with Crippen LogP contribution in [0.4, 0.5) is 5.82 Å². The van der Waals surface area contributed by atoms with Crippen molar-refractivity contribution in [2.24, 2.45) is 0 Å². The number of nitrogens with one attached hydrogen (secondary N) is 1. The quantitative estimate of drug-likeness (QED) is 0.887. The Balaban J connectivity index is 2.00. The van der Waals surface area contributed by atoms with Gasteiger partial charge in [0.25, 0.3) is 0 Å². The van der Waals surface area contributed by atoms with Crippen molar-refractivity contribution in [3.8, 4) is 0 Å². The van der Waals surface area contributed by atoms with Crippen LogP contribution in [0.5, 0.6) is 0 Å². The van der Waals surface area contributed by atoms with Crippen LogP contribution >= 0.6 is 0 Å².